The summed E-state index contributed by atoms with van der Waals surface area (Å²) in [6.45, 7) is 6.17. The fourth-order valence-electron chi connectivity index (χ4n) is 5.09. The highest BCUT2D eigenvalue weighted by molar-refractivity contribution is 8.17. The van der Waals surface area contributed by atoms with Crippen LogP contribution in [0.4, 0.5) is 0 Å². The second kappa shape index (κ2) is 7.82. The van der Waals surface area contributed by atoms with E-state index in [2.05, 4.69) is 25.1 Å². The van der Waals surface area contributed by atoms with E-state index < -0.39 is 16.5 Å². The molecule has 2 bridgehead atoms. The number of nitriles is 1. The zero-order valence-electron chi connectivity index (χ0n) is 17.3. The van der Waals surface area contributed by atoms with E-state index in [4.69, 9.17) is 4.28 Å². The average Bonchev–Trinajstić information content (AvgIpc) is 3.31. The van der Waals surface area contributed by atoms with Gasteiger partial charge in [-0.05, 0) is 53.7 Å². The van der Waals surface area contributed by atoms with E-state index in [1.165, 1.54) is 11.8 Å². The topological polar surface area (TPSA) is 79.5 Å². The third-order valence-corrected chi connectivity index (χ3v) is 8.91. The van der Waals surface area contributed by atoms with Crippen molar-refractivity contribution >= 4 is 39.2 Å². The van der Waals surface area contributed by atoms with Gasteiger partial charge in [-0.3, -0.25) is 9.08 Å². The molecule has 1 aliphatic heterocycles. The lowest BCUT2D eigenvalue weighted by molar-refractivity contribution is -0.128. The van der Waals surface area contributed by atoms with Crippen molar-refractivity contribution in [2.24, 2.45) is 21.9 Å². The molecule has 2 fully saturated rings. The maximum Gasteiger partial charge on any atom is 0.233 e. The van der Waals surface area contributed by atoms with Crippen LogP contribution in [0.2, 0.25) is 0 Å². The minimum absolute atomic E-state index is 0.163. The lowest BCUT2D eigenvalue weighted by atomic mass is 9.70. The smallest absolute Gasteiger partial charge is 0.233 e. The first kappa shape index (κ1) is 21.1. The number of carbonyl (C=O) groups excluding carboxylic acids is 1. The third kappa shape index (κ3) is 3.27. The molecule has 4 rings (SSSR count). The predicted octanol–water partition coefficient (Wildman–Crippen LogP) is 4.92. The molecule has 1 heterocycles. The third-order valence-electron chi connectivity index (χ3n) is 7.15. The molecule has 5 nitrogen and oxygen atoms in total. The molecule has 0 spiro atoms. The van der Waals surface area contributed by atoms with Gasteiger partial charge in [0.2, 0.25) is 11.1 Å². The minimum Gasteiger partial charge on any atom is -0.299 e. The Labute approximate surface area is 183 Å². The maximum atomic E-state index is 12.8. The summed E-state index contributed by atoms with van der Waals surface area (Å²) in [6.07, 6.45) is 4.17. The van der Waals surface area contributed by atoms with Crippen LogP contribution in [0.1, 0.15) is 44.2 Å². The molecule has 0 saturated heterocycles. The van der Waals surface area contributed by atoms with Crippen LogP contribution in [0, 0.1) is 35.0 Å². The van der Waals surface area contributed by atoms with Crippen molar-refractivity contribution in [2.45, 2.75) is 40.0 Å². The average molecular weight is 441 g/mol. The fraction of sp³-hybridized carbons (Fsp3) is 0.435. The lowest BCUT2D eigenvalue weighted by Crippen LogP contribution is -2.40. The van der Waals surface area contributed by atoms with Gasteiger partial charge in [-0.25, -0.2) is 4.21 Å². The van der Waals surface area contributed by atoms with Gasteiger partial charge in [0.15, 0.2) is 0 Å². The number of ketones is 1. The molecule has 3 aliphatic rings. The molecular weight excluding hydrogens is 416 g/mol. The predicted molar refractivity (Wildman–Crippen MR) is 121 cm³/mol. The number of benzene rings is 1. The summed E-state index contributed by atoms with van der Waals surface area (Å²) in [5.41, 5.74) is 2.25. The molecule has 2 aliphatic carbocycles. The Hall–Kier alpha value is -2.17. The summed E-state index contributed by atoms with van der Waals surface area (Å²) in [6, 6.07) is 9.95. The summed E-state index contributed by atoms with van der Waals surface area (Å²) in [5, 5.41) is 16.2. The van der Waals surface area contributed by atoms with E-state index in [-0.39, 0.29) is 17.0 Å². The molecule has 156 valence electrons. The van der Waals surface area contributed by atoms with E-state index in [1.54, 1.807) is 0 Å². The Morgan fingerprint density at radius 2 is 2.17 bits per heavy atom. The quantitative estimate of drug-likeness (QED) is 0.479. The van der Waals surface area contributed by atoms with Crippen LogP contribution in [0.3, 0.4) is 0 Å². The number of aryl methyl sites for hydroxylation is 1. The Kier molecular flexibility index (Phi) is 5.50. The number of carbonyl (C=O) groups is 1. The number of Topliss-reactive ketones (excluding diaryl/α,β-unsaturated/α-hetero) is 1. The first-order valence-electron chi connectivity index (χ1n) is 10.0. The van der Waals surface area contributed by atoms with E-state index in [0.717, 1.165) is 24.0 Å². The Balaban J connectivity index is 1.56. The molecule has 2 saturated carbocycles. The SMILES string of the molecule is Cc1ccccc1/C(C#N)=C1\C=CS\C1=N/OS(=O)CC12CCC(CC1=O)C2(C)C. The Morgan fingerprint density at radius 3 is 2.80 bits per heavy atom. The fourth-order valence-corrected chi connectivity index (χ4v) is 7.14. The first-order valence-corrected chi connectivity index (χ1v) is 12.1. The standard InChI is InChI=1S/C23H24N2O3S2/c1-15-6-4-5-7-17(15)19(13-24)18-9-11-29-21(18)25-28-30(27)14-23-10-8-16(12-20(23)26)22(23,2)3/h4-7,9,11,16H,8,10,12,14H2,1-3H3/b19-18+,25-21-. The largest absolute Gasteiger partial charge is 0.299 e. The van der Waals surface area contributed by atoms with Gasteiger partial charge in [0.1, 0.15) is 16.9 Å². The van der Waals surface area contributed by atoms with Crippen LogP contribution in [0.25, 0.3) is 5.57 Å². The van der Waals surface area contributed by atoms with Crippen LogP contribution < -0.4 is 0 Å². The number of fused-ring (bicyclic) bond motifs is 2. The van der Waals surface area contributed by atoms with Gasteiger partial charge in [-0.1, -0.05) is 55.0 Å². The van der Waals surface area contributed by atoms with Crippen molar-refractivity contribution in [3.05, 3.63) is 52.4 Å². The summed E-state index contributed by atoms with van der Waals surface area (Å²) in [5.74, 6) is 0.744. The summed E-state index contributed by atoms with van der Waals surface area (Å²) in [7, 11) is 0. The van der Waals surface area contributed by atoms with E-state index >= 15 is 0 Å². The van der Waals surface area contributed by atoms with E-state index in [0.29, 0.717) is 28.5 Å². The second-order valence-corrected chi connectivity index (χ2v) is 10.7. The van der Waals surface area contributed by atoms with Gasteiger partial charge in [0.25, 0.3) is 0 Å². The van der Waals surface area contributed by atoms with Gasteiger partial charge < -0.3 is 0 Å². The second-order valence-electron chi connectivity index (χ2n) is 8.72. The molecule has 3 atom stereocenters. The summed E-state index contributed by atoms with van der Waals surface area (Å²) >= 11 is -0.393. The Bertz CT molecular complexity index is 1060. The van der Waals surface area contributed by atoms with Crippen molar-refractivity contribution in [3.8, 4) is 6.07 Å². The van der Waals surface area contributed by atoms with Gasteiger partial charge in [0, 0.05) is 17.4 Å². The number of rotatable bonds is 5. The van der Waals surface area contributed by atoms with Crippen LogP contribution >= 0.6 is 11.8 Å². The van der Waals surface area contributed by atoms with Gasteiger partial charge in [-0.2, -0.15) is 5.26 Å². The highest BCUT2D eigenvalue weighted by atomic mass is 32.2. The zero-order valence-corrected chi connectivity index (χ0v) is 18.9. The molecular formula is C23H24N2O3S2. The number of hydrogen-bond acceptors (Lipinski definition) is 6. The number of nitrogens with zero attached hydrogens (tertiary/aromatic N) is 2. The molecule has 3 unspecified atom stereocenters. The molecule has 0 radical (unpaired) electrons. The van der Waals surface area contributed by atoms with E-state index in [1.807, 2.05) is 42.7 Å². The highest BCUT2D eigenvalue weighted by Crippen LogP contribution is 2.64. The molecule has 0 N–H and O–H groups in total. The minimum atomic E-state index is -1.72. The zero-order chi connectivity index (χ0) is 21.5. The molecule has 0 amide bonds. The van der Waals surface area contributed by atoms with Crippen LogP contribution in [0.5, 0.6) is 0 Å². The molecule has 7 heteroatoms. The maximum absolute atomic E-state index is 12.8. The van der Waals surface area contributed by atoms with Crippen LogP contribution in [-0.4, -0.2) is 20.8 Å². The van der Waals surface area contributed by atoms with Crippen molar-refractivity contribution < 1.29 is 13.3 Å². The number of hydrogen-bond donors (Lipinski definition) is 0. The number of oxime groups is 1. The highest BCUT2D eigenvalue weighted by Gasteiger charge is 2.64. The molecule has 30 heavy (non-hydrogen) atoms. The lowest BCUT2D eigenvalue weighted by Gasteiger charge is -2.35. The van der Waals surface area contributed by atoms with Gasteiger partial charge >= 0.3 is 0 Å². The van der Waals surface area contributed by atoms with E-state index in [9.17, 15) is 14.3 Å². The molecule has 1 aromatic rings. The number of allylic oxidation sites excluding steroid dienone is 2. The van der Waals surface area contributed by atoms with Crippen molar-refractivity contribution in [1.82, 2.24) is 0 Å². The molecule has 1 aromatic carbocycles. The van der Waals surface area contributed by atoms with Gasteiger partial charge in [0.05, 0.1) is 11.3 Å². The summed E-state index contributed by atoms with van der Waals surface area (Å²) < 4.78 is 18.1. The molecule has 0 aromatic heterocycles. The van der Waals surface area contributed by atoms with Crippen LogP contribution in [0.15, 0.2) is 46.5 Å². The first-order chi connectivity index (χ1) is 14.3. The summed E-state index contributed by atoms with van der Waals surface area (Å²) in [4.78, 5) is 12.7. The van der Waals surface area contributed by atoms with Crippen LogP contribution in [-0.2, 0) is 20.2 Å². The number of thioether (sulfide) groups is 1. The van der Waals surface area contributed by atoms with Crippen molar-refractivity contribution in [1.29, 1.82) is 5.26 Å². The van der Waals surface area contributed by atoms with Crippen molar-refractivity contribution in [3.63, 3.8) is 0 Å². The normalized spacial score (nSPS) is 30.5. The monoisotopic (exact) mass is 440 g/mol. The van der Waals surface area contributed by atoms with Crippen molar-refractivity contribution in [2.75, 3.05) is 5.75 Å². The Morgan fingerprint density at radius 1 is 1.40 bits per heavy atom. The van der Waals surface area contributed by atoms with Gasteiger partial charge in [-0.15, -0.1) is 0 Å².